The summed E-state index contributed by atoms with van der Waals surface area (Å²) in [6, 6.07) is 8.15. The Bertz CT molecular complexity index is 365. The largest absolute Gasteiger partial charge is 0.390 e. The molecule has 4 heteroatoms. The van der Waals surface area contributed by atoms with E-state index < -0.39 is 18.6 Å². The molecule has 0 saturated carbocycles. The van der Waals surface area contributed by atoms with Crippen LogP contribution in [-0.2, 0) is 0 Å². The minimum Gasteiger partial charge on any atom is -0.310 e. The van der Waals surface area contributed by atoms with E-state index in [1.807, 2.05) is 6.07 Å². The Kier molecular flexibility index (Phi) is 5.41. The van der Waals surface area contributed by atoms with Gasteiger partial charge in [0, 0.05) is 6.04 Å². The molecule has 0 saturated heterocycles. The molecule has 1 aromatic rings. The molecule has 0 aromatic heterocycles. The maximum atomic E-state index is 12.6. The standard InChI is InChI=1S/C15H22F3N/c1-14(2,3)9-10-19-13(11-15(16,17)18)12-7-5-4-6-8-12/h4-8,13,19H,9-11H2,1-3H3. The summed E-state index contributed by atoms with van der Waals surface area (Å²) in [4.78, 5) is 0. The average Bonchev–Trinajstić information content (AvgIpc) is 2.25. The second-order valence-electron chi connectivity index (χ2n) is 6.05. The first-order valence-electron chi connectivity index (χ1n) is 6.52. The van der Waals surface area contributed by atoms with Crippen LogP contribution in [0.25, 0.3) is 0 Å². The van der Waals surface area contributed by atoms with Crippen LogP contribution < -0.4 is 5.32 Å². The zero-order valence-corrected chi connectivity index (χ0v) is 11.7. The zero-order valence-electron chi connectivity index (χ0n) is 11.7. The summed E-state index contributed by atoms with van der Waals surface area (Å²) in [5.41, 5.74) is 0.806. The van der Waals surface area contributed by atoms with Gasteiger partial charge in [-0.25, -0.2) is 0 Å². The fourth-order valence-corrected chi connectivity index (χ4v) is 1.85. The molecule has 0 amide bonds. The fourth-order valence-electron chi connectivity index (χ4n) is 1.85. The van der Waals surface area contributed by atoms with Crippen LogP contribution >= 0.6 is 0 Å². The average molecular weight is 273 g/mol. The monoisotopic (exact) mass is 273 g/mol. The van der Waals surface area contributed by atoms with Crippen molar-refractivity contribution in [1.29, 1.82) is 0 Å². The molecule has 0 fully saturated rings. The molecule has 1 rings (SSSR count). The van der Waals surface area contributed by atoms with Gasteiger partial charge in [-0.2, -0.15) is 13.2 Å². The second-order valence-corrected chi connectivity index (χ2v) is 6.05. The number of rotatable bonds is 5. The minimum absolute atomic E-state index is 0.118. The summed E-state index contributed by atoms with van der Waals surface area (Å²) in [6.45, 7) is 6.82. The smallest absolute Gasteiger partial charge is 0.310 e. The van der Waals surface area contributed by atoms with Crippen molar-refractivity contribution in [2.24, 2.45) is 5.41 Å². The Hall–Kier alpha value is -1.03. The van der Waals surface area contributed by atoms with Gasteiger partial charge in [-0.15, -0.1) is 0 Å². The van der Waals surface area contributed by atoms with Crippen molar-refractivity contribution in [2.45, 2.75) is 45.8 Å². The van der Waals surface area contributed by atoms with Gasteiger partial charge >= 0.3 is 6.18 Å². The lowest BCUT2D eigenvalue weighted by Gasteiger charge is -2.24. The Morgan fingerprint density at radius 2 is 1.63 bits per heavy atom. The third-order valence-electron chi connectivity index (χ3n) is 2.90. The lowest BCUT2D eigenvalue weighted by atomic mass is 9.92. The summed E-state index contributed by atoms with van der Waals surface area (Å²) in [5.74, 6) is 0. The topological polar surface area (TPSA) is 12.0 Å². The van der Waals surface area contributed by atoms with Crippen LogP contribution in [0.4, 0.5) is 13.2 Å². The first-order valence-corrected chi connectivity index (χ1v) is 6.52. The molecule has 1 atom stereocenters. The number of halogens is 3. The van der Waals surface area contributed by atoms with Crippen LogP contribution in [0.5, 0.6) is 0 Å². The molecule has 0 spiro atoms. The van der Waals surface area contributed by atoms with Gasteiger partial charge in [-0.05, 0) is 23.9 Å². The molecule has 0 heterocycles. The lowest BCUT2D eigenvalue weighted by molar-refractivity contribution is -0.140. The molecule has 0 bridgehead atoms. The molecule has 0 aliphatic rings. The number of hydrogen-bond donors (Lipinski definition) is 1. The summed E-state index contributed by atoms with van der Waals surface area (Å²) < 4.78 is 37.8. The lowest BCUT2D eigenvalue weighted by Crippen LogP contribution is -2.29. The van der Waals surface area contributed by atoms with Crippen molar-refractivity contribution < 1.29 is 13.2 Å². The van der Waals surface area contributed by atoms with Crippen molar-refractivity contribution in [2.75, 3.05) is 6.54 Å². The van der Waals surface area contributed by atoms with Crippen molar-refractivity contribution in [3.05, 3.63) is 35.9 Å². The number of alkyl halides is 3. The number of nitrogens with one attached hydrogen (secondary N) is 1. The zero-order chi connectivity index (χ0) is 14.5. The van der Waals surface area contributed by atoms with E-state index in [0.29, 0.717) is 12.1 Å². The molecule has 1 nitrogen and oxygen atoms in total. The van der Waals surface area contributed by atoms with E-state index in [4.69, 9.17) is 0 Å². The molecule has 0 radical (unpaired) electrons. The molecular formula is C15H22F3N. The maximum Gasteiger partial charge on any atom is 0.390 e. The first kappa shape index (κ1) is 16.0. The van der Waals surface area contributed by atoms with E-state index in [1.54, 1.807) is 24.3 Å². The van der Waals surface area contributed by atoms with Crippen molar-refractivity contribution in [3.63, 3.8) is 0 Å². The normalized spacial score (nSPS) is 14.4. The van der Waals surface area contributed by atoms with Gasteiger partial charge in [0.05, 0.1) is 6.42 Å². The quantitative estimate of drug-likeness (QED) is 0.819. The third kappa shape index (κ3) is 7.21. The van der Waals surface area contributed by atoms with E-state index in [9.17, 15) is 13.2 Å². The Morgan fingerprint density at radius 3 is 2.11 bits per heavy atom. The Labute approximate surface area is 113 Å². The van der Waals surface area contributed by atoms with E-state index in [0.717, 1.165) is 6.42 Å². The molecule has 1 aromatic carbocycles. The number of benzene rings is 1. The first-order chi connectivity index (χ1) is 8.67. The Balaban J connectivity index is 2.66. The van der Waals surface area contributed by atoms with E-state index in [1.165, 1.54) is 0 Å². The maximum absolute atomic E-state index is 12.6. The number of hydrogen-bond acceptors (Lipinski definition) is 1. The molecular weight excluding hydrogens is 251 g/mol. The van der Waals surface area contributed by atoms with Crippen molar-refractivity contribution >= 4 is 0 Å². The highest BCUT2D eigenvalue weighted by molar-refractivity contribution is 5.19. The van der Waals surface area contributed by atoms with Gasteiger partial charge in [0.2, 0.25) is 0 Å². The highest BCUT2D eigenvalue weighted by atomic mass is 19.4. The van der Waals surface area contributed by atoms with Crippen LogP contribution in [0.3, 0.4) is 0 Å². The van der Waals surface area contributed by atoms with Gasteiger partial charge in [0.25, 0.3) is 0 Å². The predicted molar refractivity (Wildman–Crippen MR) is 71.9 cm³/mol. The second kappa shape index (κ2) is 6.42. The summed E-state index contributed by atoms with van der Waals surface area (Å²) in [6.07, 6.45) is -4.15. The molecule has 0 aliphatic heterocycles. The van der Waals surface area contributed by atoms with Gasteiger partial charge in [-0.3, -0.25) is 0 Å². The summed E-state index contributed by atoms with van der Waals surface area (Å²) >= 11 is 0. The minimum atomic E-state index is -4.16. The van der Waals surface area contributed by atoms with E-state index >= 15 is 0 Å². The van der Waals surface area contributed by atoms with E-state index in [-0.39, 0.29) is 5.41 Å². The van der Waals surface area contributed by atoms with Gasteiger partial charge in [0.1, 0.15) is 0 Å². The third-order valence-corrected chi connectivity index (χ3v) is 2.90. The molecule has 19 heavy (non-hydrogen) atoms. The molecule has 1 unspecified atom stereocenters. The van der Waals surface area contributed by atoms with Crippen LogP contribution in [0.15, 0.2) is 30.3 Å². The van der Waals surface area contributed by atoms with Gasteiger partial charge < -0.3 is 5.32 Å². The van der Waals surface area contributed by atoms with Crippen molar-refractivity contribution in [3.8, 4) is 0 Å². The fraction of sp³-hybridized carbons (Fsp3) is 0.600. The van der Waals surface area contributed by atoms with Crippen LogP contribution in [-0.4, -0.2) is 12.7 Å². The van der Waals surface area contributed by atoms with Gasteiger partial charge in [-0.1, -0.05) is 51.1 Å². The summed E-state index contributed by atoms with van der Waals surface area (Å²) in [7, 11) is 0. The molecule has 0 aliphatic carbocycles. The van der Waals surface area contributed by atoms with Crippen LogP contribution in [0, 0.1) is 5.41 Å². The highest BCUT2D eigenvalue weighted by Crippen LogP contribution is 2.29. The Morgan fingerprint density at radius 1 is 1.05 bits per heavy atom. The van der Waals surface area contributed by atoms with Crippen LogP contribution in [0.2, 0.25) is 0 Å². The van der Waals surface area contributed by atoms with E-state index in [2.05, 4.69) is 26.1 Å². The summed E-state index contributed by atoms with van der Waals surface area (Å²) in [5, 5.41) is 3.03. The predicted octanol–water partition coefficient (Wildman–Crippen LogP) is 4.71. The SMILES string of the molecule is CC(C)(C)CCNC(CC(F)(F)F)c1ccccc1. The van der Waals surface area contributed by atoms with Crippen molar-refractivity contribution in [1.82, 2.24) is 5.32 Å². The molecule has 108 valence electrons. The molecule has 1 N–H and O–H groups in total. The van der Waals surface area contributed by atoms with Gasteiger partial charge in [0.15, 0.2) is 0 Å². The highest BCUT2D eigenvalue weighted by Gasteiger charge is 2.32. The van der Waals surface area contributed by atoms with Crippen LogP contribution in [0.1, 0.15) is 45.2 Å².